The van der Waals surface area contributed by atoms with E-state index >= 15 is 0 Å². The molecule has 2 saturated heterocycles. The van der Waals surface area contributed by atoms with Crippen LogP contribution in [-0.2, 0) is 14.3 Å². The SMILES string of the molecule is C[C@@H]1CCCCN1C(=O)[C@H]1OCC(=O)N(C)[C@H]1c1ccc(Cl)cc1. The normalized spacial score (nSPS) is 28.1. The molecule has 3 rings (SSSR count). The van der Waals surface area contributed by atoms with Crippen molar-refractivity contribution in [1.29, 1.82) is 0 Å². The van der Waals surface area contributed by atoms with Gasteiger partial charge in [0.05, 0.1) is 6.04 Å². The predicted molar refractivity (Wildman–Crippen MR) is 91.7 cm³/mol. The number of nitrogens with zero attached hydrogens (tertiary/aromatic N) is 2. The van der Waals surface area contributed by atoms with E-state index in [9.17, 15) is 9.59 Å². The second-order valence-electron chi connectivity index (χ2n) is 6.61. The summed E-state index contributed by atoms with van der Waals surface area (Å²) in [4.78, 5) is 28.7. The molecule has 2 amide bonds. The van der Waals surface area contributed by atoms with Crippen molar-refractivity contribution >= 4 is 23.4 Å². The van der Waals surface area contributed by atoms with E-state index in [0.717, 1.165) is 31.4 Å². The minimum absolute atomic E-state index is 0.0264. The van der Waals surface area contributed by atoms with E-state index in [1.54, 1.807) is 24.1 Å². The first-order valence-electron chi connectivity index (χ1n) is 8.42. The highest BCUT2D eigenvalue weighted by Gasteiger charge is 2.42. The molecule has 5 nitrogen and oxygen atoms in total. The zero-order chi connectivity index (χ0) is 17.3. The van der Waals surface area contributed by atoms with Gasteiger partial charge < -0.3 is 14.5 Å². The minimum Gasteiger partial charge on any atom is -0.356 e. The van der Waals surface area contributed by atoms with Crippen LogP contribution >= 0.6 is 11.6 Å². The lowest BCUT2D eigenvalue weighted by atomic mass is 9.95. The molecule has 0 aromatic heterocycles. The van der Waals surface area contributed by atoms with Crippen molar-refractivity contribution < 1.29 is 14.3 Å². The van der Waals surface area contributed by atoms with Gasteiger partial charge in [-0.3, -0.25) is 9.59 Å². The molecular formula is C18H23ClN2O3. The first-order valence-corrected chi connectivity index (χ1v) is 8.80. The molecule has 1 aromatic carbocycles. The molecule has 3 atom stereocenters. The number of benzene rings is 1. The highest BCUT2D eigenvalue weighted by molar-refractivity contribution is 6.30. The van der Waals surface area contributed by atoms with E-state index in [-0.39, 0.29) is 24.5 Å². The molecule has 6 heteroatoms. The van der Waals surface area contributed by atoms with E-state index in [1.165, 1.54) is 0 Å². The summed E-state index contributed by atoms with van der Waals surface area (Å²) in [5, 5.41) is 0.622. The van der Waals surface area contributed by atoms with Crippen LogP contribution in [0.1, 0.15) is 37.8 Å². The number of amides is 2. The van der Waals surface area contributed by atoms with Crippen molar-refractivity contribution in [2.24, 2.45) is 0 Å². The summed E-state index contributed by atoms with van der Waals surface area (Å²) in [7, 11) is 1.73. The summed E-state index contributed by atoms with van der Waals surface area (Å²) in [5.74, 6) is -0.146. The van der Waals surface area contributed by atoms with Crippen LogP contribution in [0.4, 0.5) is 0 Å². The third-order valence-corrected chi connectivity index (χ3v) is 5.28. The third kappa shape index (κ3) is 3.28. The molecule has 0 N–H and O–H groups in total. The Kier molecular flexibility index (Phi) is 5.11. The summed E-state index contributed by atoms with van der Waals surface area (Å²) in [6, 6.07) is 7.04. The fourth-order valence-corrected chi connectivity index (χ4v) is 3.69. The Balaban J connectivity index is 1.89. The number of hydrogen-bond donors (Lipinski definition) is 0. The predicted octanol–water partition coefficient (Wildman–Crippen LogP) is 2.64. The summed E-state index contributed by atoms with van der Waals surface area (Å²) in [6.07, 6.45) is 2.51. The Labute approximate surface area is 147 Å². The Bertz CT molecular complexity index is 619. The maximum absolute atomic E-state index is 13.1. The van der Waals surface area contributed by atoms with Crippen LogP contribution in [0.2, 0.25) is 5.02 Å². The van der Waals surface area contributed by atoms with Gasteiger partial charge >= 0.3 is 0 Å². The number of piperidine rings is 1. The van der Waals surface area contributed by atoms with E-state index < -0.39 is 12.1 Å². The maximum atomic E-state index is 13.1. The molecule has 2 heterocycles. The number of halogens is 1. The number of carbonyl (C=O) groups is 2. The van der Waals surface area contributed by atoms with Crippen molar-refractivity contribution in [2.75, 3.05) is 20.2 Å². The monoisotopic (exact) mass is 350 g/mol. The van der Waals surface area contributed by atoms with Gasteiger partial charge in [-0.25, -0.2) is 0 Å². The molecular weight excluding hydrogens is 328 g/mol. The third-order valence-electron chi connectivity index (χ3n) is 5.02. The summed E-state index contributed by atoms with van der Waals surface area (Å²) < 4.78 is 5.71. The smallest absolute Gasteiger partial charge is 0.254 e. The van der Waals surface area contributed by atoms with Crippen LogP contribution in [0, 0.1) is 0 Å². The van der Waals surface area contributed by atoms with Crippen molar-refractivity contribution in [1.82, 2.24) is 9.80 Å². The van der Waals surface area contributed by atoms with Crippen LogP contribution < -0.4 is 0 Å². The first kappa shape index (κ1) is 17.2. The zero-order valence-corrected chi connectivity index (χ0v) is 14.8. The number of rotatable bonds is 2. The van der Waals surface area contributed by atoms with Crippen molar-refractivity contribution in [3.8, 4) is 0 Å². The fourth-order valence-electron chi connectivity index (χ4n) is 3.57. The highest BCUT2D eigenvalue weighted by Crippen LogP contribution is 2.32. The lowest BCUT2D eigenvalue weighted by Gasteiger charge is -2.42. The molecule has 2 aliphatic rings. The van der Waals surface area contributed by atoms with Crippen molar-refractivity contribution in [3.63, 3.8) is 0 Å². The molecule has 130 valence electrons. The molecule has 0 radical (unpaired) electrons. The van der Waals surface area contributed by atoms with Crippen LogP contribution in [0.3, 0.4) is 0 Å². The fraction of sp³-hybridized carbons (Fsp3) is 0.556. The highest BCUT2D eigenvalue weighted by atomic mass is 35.5. The topological polar surface area (TPSA) is 49.9 Å². The second kappa shape index (κ2) is 7.11. The molecule has 0 spiro atoms. The van der Waals surface area contributed by atoms with Gasteiger partial charge in [0.25, 0.3) is 5.91 Å². The molecule has 0 saturated carbocycles. The largest absolute Gasteiger partial charge is 0.356 e. The quantitative estimate of drug-likeness (QED) is 0.824. The molecule has 0 aliphatic carbocycles. The molecule has 2 aliphatic heterocycles. The van der Waals surface area contributed by atoms with E-state index in [2.05, 4.69) is 6.92 Å². The number of likely N-dealkylation sites (tertiary alicyclic amines) is 1. The molecule has 1 aromatic rings. The number of likely N-dealkylation sites (N-methyl/N-ethyl adjacent to an activating group) is 1. The van der Waals surface area contributed by atoms with Gasteiger partial charge in [-0.2, -0.15) is 0 Å². The molecule has 2 fully saturated rings. The van der Waals surface area contributed by atoms with Gasteiger partial charge in [-0.1, -0.05) is 23.7 Å². The average Bonchev–Trinajstić information content (AvgIpc) is 2.58. The molecule has 0 bridgehead atoms. The van der Waals surface area contributed by atoms with Crippen LogP contribution in [0.25, 0.3) is 0 Å². The summed E-state index contributed by atoms with van der Waals surface area (Å²) in [6.45, 7) is 2.77. The Hall–Kier alpha value is -1.59. The van der Waals surface area contributed by atoms with Gasteiger partial charge in [0, 0.05) is 24.7 Å². The van der Waals surface area contributed by atoms with E-state index in [1.807, 2.05) is 17.0 Å². The Morgan fingerprint density at radius 1 is 1.25 bits per heavy atom. The summed E-state index contributed by atoms with van der Waals surface area (Å²) in [5.41, 5.74) is 0.859. The van der Waals surface area contributed by atoms with Crippen molar-refractivity contribution in [3.05, 3.63) is 34.9 Å². The van der Waals surface area contributed by atoms with Gasteiger partial charge in [-0.05, 0) is 43.9 Å². The molecule has 24 heavy (non-hydrogen) atoms. The lowest BCUT2D eigenvalue weighted by Crippen LogP contribution is -2.56. The maximum Gasteiger partial charge on any atom is 0.254 e. The number of carbonyl (C=O) groups excluding carboxylic acids is 2. The van der Waals surface area contributed by atoms with Gasteiger partial charge in [0.2, 0.25) is 5.91 Å². The zero-order valence-electron chi connectivity index (χ0n) is 14.1. The number of morpholine rings is 1. The van der Waals surface area contributed by atoms with Gasteiger partial charge in [-0.15, -0.1) is 0 Å². The Morgan fingerprint density at radius 2 is 1.96 bits per heavy atom. The average molecular weight is 351 g/mol. The lowest BCUT2D eigenvalue weighted by molar-refractivity contribution is -0.169. The van der Waals surface area contributed by atoms with Gasteiger partial charge in [0.1, 0.15) is 6.61 Å². The van der Waals surface area contributed by atoms with Crippen LogP contribution in [0.5, 0.6) is 0 Å². The standard InChI is InChI=1S/C18H23ClN2O3/c1-12-5-3-4-10-21(12)18(23)17-16(20(2)15(22)11-24-17)13-6-8-14(19)9-7-13/h6-9,12,16-17H,3-5,10-11H2,1-2H3/t12-,16+,17+/m1/s1. The van der Waals surface area contributed by atoms with Crippen molar-refractivity contribution in [2.45, 2.75) is 44.4 Å². The number of ether oxygens (including phenoxy) is 1. The first-order chi connectivity index (χ1) is 11.5. The van der Waals surface area contributed by atoms with E-state index in [4.69, 9.17) is 16.3 Å². The van der Waals surface area contributed by atoms with Crippen LogP contribution in [-0.4, -0.2) is 54.0 Å². The van der Waals surface area contributed by atoms with Gasteiger partial charge in [0.15, 0.2) is 6.10 Å². The molecule has 0 unspecified atom stereocenters. The summed E-state index contributed by atoms with van der Waals surface area (Å²) >= 11 is 5.97. The van der Waals surface area contributed by atoms with Crippen LogP contribution in [0.15, 0.2) is 24.3 Å². The second-order valence-corrected chi connectivity index (χ2v) is 7.05. The number of hydrogen-bond acceptors (Lipinski definition) is 3. The Morgan fingerprint density at radius 3 is 2.62 bits per heavy atom. The minimum atomic E-state index is -0.672. The van der Waals surface area contributed by atoms with E-state index in [0.29, 0.717) is 5.02 Å².